The lowest BCUT2D eigenvalue weighted by atomic mass is 10.3. The summed E-state index contributed by atoms with van der Waals surface area (Å²) in [6.45, 7) is 1.16. The van der Waals surface area contributed by atoms with Crippen LogP contribution in [0.3, 0.4) is 0 Å². The molecule has 0 spiro atoms. The fraction of sp³-hybridized carbons (Fsp3) is 0.333. The first-order valence-corrected chi connectivity index (χ1v) is 10.1. The molecule has 0 radical (unpaired) electrons. The normalized spacial score (nSPS) is 13.2. The van der Waals surface area contributed by atoms with E-state index in [9.17, 15) is 25.9 Å². The molecule has 0 amide bonds. The van der Waals surface area contributed by atoms with Gasteiger partial charge in [0.1, 0.15) is 5.75 Å². The third-order valence-corrected chi connectivity index (χ3v) is 7.52. The van der Waals surface area contributed by atoms with E-state index in [0.717, 1.165) is 6.92 Å². The highest BCUT2D eigenvalue weighted by molar-refractivity contribution is 14.1. The van der Waals surface area contributed by atoms with Crippen LogP contribution in [0.2, 0.25) is 0 Å². The van der Waals surface area contributed by atoms with Gasteiger partial charge in [0.05, 0.1) is 3.57 Å². The molecule has 2 N–H and O–H groups in total. The van der Waals surface area contributed by atoms with Crippen LogP contribution in [-0.4, -0.2) is 30.2 Å². The van der Waals surface area contributed by atoms with Crippen LogP contribution in [0.25, 0.3) is 0 Å². The number of benzene rings is 1. The Morgan fingerprint density at radius 3 is 2.05 bits per heavy atom. The molecule has 1 aromatic carbocycles. The molecule has 0 heterocycles. The van der Waals surface area contributed by atoms with Gasteiger partial charge in [-0.25, -0.2) is 0 Å². The zero-order chi connectivity index (χ0) is 15.8. The third kappa shape index (κ3) is 3.55. The number of hydrogen-bond donors (Lipinski definition) is 2. The molecule has 0 aromatic heterocycles. The number of hydrogen-bond acceptors (Lipinski definition) is 5. The van der Waals surface area contributed by atoms with E-state index in [1.54, 1.807) is 12.1 Å². The molecule has 0 atom stereocenters. The molecule has 7 nitrogen and oxygen atoms in total. The predicted molar refractivity (Wildman–Crippen MR) is 88.6 cm³/mol. The molecule has 114 valence electrons. The van der Waals surface area contributed by atoms with Crippen LogP contribution < -0.4 is 4.74 Å². The minimum absolute atomic E-state index is 0.0744. The Kier molecular flexibility index (Phi) is 5.68. The van der Waals surface area contributed by atoms with E-state index in [2.05, 4.69) is 0 Å². The first kappa shape index (κ1) is 18.3. The van der Waals surface area contributed by atoms with Gasteiger partial charge in [0.15, 0.2) is 0 Å². The van der Waals surface area contributed by atoms with E-state index < -0.39 is 30.9 Å². The number of halogens is 2. The number of ether oxygens (including phenoxy) is 1. The second kappa shape index (κ2) is 6.20. The van der Waals surface area contributed by atoms with Crippen molar-refractivity contribution >= 4 is 65.4 Å². The summed E-state index contributed by atoms with van der Waals surface area (Å²) in [5, 5.41) is 0. The van der Waals surface area contributed by atoms with Gasteiger partial charge in [0.2, 0.25) is 0 Å². The molecular weight excluding hydrogens is 538 g/mol. The van der Waals surface area contributed by atoms with Gasteiger partial charge >= 0.3 is 24.5 Å². The van der Waals surface area contributed by atoms with Crippen molar-refractivity contribution in [3.05, 3.63) is 25.3 Å². The minimum atomic E-state index is -5.23. The van der Waals surface area contributed by atoms with Crippen LogP contribution in [-0.2, 0) is 20.2 Å². The maximum absolute atomic E-state index is 11.4. The van der Waals surface area contributed by atoms with E-state index in [4.69, 9.17) is 4.74 Å². The highest BCUT2D eigenvalue weighted by Gasteiger charge is 2.56. The zero-order valence-electron chi connectivity index (χ0n) is 9.95. The van der Waals surface area contributed by atoms with Gasteiger partial charge in [-0.15, -0.1) is 0 Å². The van der Waals surface area contributed by atoms with Crippen LogP contribution in [0.15, 0.2) is 18.2 Å². The van der Waals surface area contributed by atoms with Crippen molar-refractivity contribution in [3.63, 3.8) is 0 Å². The van der Waals surface area contributed by atoms with E-state index in [1.807, 2.05) is 45.2 Å². The molecule has 1 aromatic rings. The van der Waals surface area contributed by atoms with Gasteiger partial charge in [-0.05, 0) is 63.4 Å². The first-order chi connectivity index (χ1) is 8.94. The Balaban J connectivity index is 3.54. The molecule has 11 heteroatoms. The van der Waals surface area contributed by atoms with Crippen LogP contribution in [0.4, 0.5) is 0 Å². The molecule has 0 unspecified atom stereocenters. The van der Waals surface area contributed by atoms with Crippen LogP contribution in [0.5, 0.6) is 5.75 Å². The van der Waals surface area contributed by atoms with E-state index in [-0.39, 0.29) is 5.75 Å². The monoisotopic (exact) mass is 548 g/mol. The summed E-state index contributed by atoms with van der Waals surface area (Å²) in [4.78, 5) is 0. The Morgan fingerprint density at radius 2 is 1.65 bits per heavy atom. The van der Waals surface area contributed by atoms with Gasteiger partial charge < -0.3 is 4.74 Å². The molecule has 0 aliphatic carbocycles. The highest BCUT2D eigenvalue weighted by Crippen LogP contribution is 2.34. The lowest BCUT2D eigenvalue weighted by Gasteiger charge is -2.27. The highest BCUT2D eigenvalue weighted by atomic mass is 127. The molecule has 0 saturated heterocycles. The number of rotatable bonds is 5. The van der Waals surface area contributed by atoms with Crippen molar-refractivity contribution in [2.75, 3.05) is 0 Å². The second-order valence-corrected chi connectivity index (χ2v) is 9.55. The molecule has 0 aliphatic heterocycles. The van der Waals surface area contributed by atoms with Gasteiger partial charge in [-0.1, -0.05) is 6.92 Å². The van der Waals surface area contributed by atoms with E-state index >= 15 is 0 Å². The Morgan fingerprint density at radius 1 is 1.15 bits per heavy atom. The van der Waals surface area contributed by atoms with E-state index in [0.29, 0.717) is 7.14 Å². The largest absolute Gasteiger partial charge is 0.453 e. The molecular formula is C9H10I2O7S2. The van der Waals surface area contributed by atoms with Crippen LogP contribution in [0.1, 0.15) is 13.3 Å². The molecule has 20 heavy (non-hydrogen) atoms. The van der Waals surface area contributed by atoms with Gasteiger partial charge in [-0.2, -0.15) is 16.8 Å². The predicted octanol–water partition coefficient (Wildman–Crippen LogP) is 2.11. The summed E-state index contributed by atoms with van der Waals surface area (Å²) in [5.74, 6) is -0.0744. The molecule has 1 rings (SSSR count). The van der Waals surface area contributed by atoms with Crippen molar-refractivity contribution in [2.45, 2.75) is 17.6 Å². The summed E-state index contributed by atoms with van der Waals surface area (Å²) in [5.41, 5.74) is 0. The summed E-state index contributed by atoms with van der Waals surface area (Å²) in [6, 6.07) is 4.67. The van der Waals surface area contributed by atoms with Crippen molar-refractivity contribution in [2.24, 2.45) is 0 Å². The van der Waals surface area contributed by atoms with E-state index in [1.165, 1.54) is 6.07 Å². The molecule has 0 aliphatic rings. The van der Waals surface area contributed by atoms with Gasteiger partial charge in [0.25, 0.3) is 0 Å². The van der Waals surface area contributed by atoms with Crippen LogP contribution >= 0.6 is 45.2 Å². The van der Waals surface area contributed by atoms with Crippen molar-refractivity contribution in [3.8, 4) is 5.75 Å². The summed E-state index contributed by atoms with van der Waals surface area (Å²) < 4.78 is 67.0. The van der Waals surface area contributed by atoms with Crippen molar-refractivity contribution in [1.29, 1.82) is 0 Å². The SMILES string of the molecule is CCC(Oc1cc(I)ccc1I)(S(=O)(=O)O)S(=O)(=O)O. The molecule has 0 bridgehead atoms. The quantitative estimate of drug-likeness (QED) is 0.428. The summed E-state index contributed by atoms with van der Waals surface area (Å²) in [7, 11) is -10.5. The Hall–Kier alpha value is 0.300. The minimum Gasteiger partial charge on any atom is -0.453 e. The second-order valence-electron chi connectivity index (χ2n) is 3.66. The third-order valence-electron chi connectivity index (χ3n) is 2.38. The molecule has 0 saturated carbocycles. The smallest absolute Gasteiger partial charge is 0.358 e. The fourth-order valence-electron chi connectivity index (χ4n) is 1.40. The fourth-order valence-corrected chi connectivity index (χ4v) is 4.49. The summed E-state index contributed by atoms with van der Waals surface area (Å²) in [6.07, 6.45) is -0.688. The van der Waals surface area contributed by atoms with Gasteiger partial charge in [-0.3, -0.25) is 9.11 Å². The van der Waals surface area contributed by atoms with Crippen LogP contribution in [0, 0.1) is 7.14 Å². The van der Waals surface area contributed by atoms with Gasteiger partial charge in [0, 0.05) is 9.99 Å². The maximum Gasteiger partial charge on any atom is 0.358 e. The standard InChI is InChI=1S/C9H10I2O7S2/c1-2-9(19(12,13)14,20(15,16)17)18-8-5-6(10)3-4-7(8)11/h3-5H,2H2,1H3,(H,12,13,14)(H,15,16,17). The molecule has 0 fully saturated rings. The maximum atomic E-state index is 11.4. The first-order valence-electron chi connectivity index (χ1n) is 5.02. The van der Waals surface area contributed by atoms with Crippen molar-refractivity contribution < 1.29 is 30.7 Å². The average Bonchev–Trinajstić information content (AvgIpc) is 2.26. The lowest BCUT2D eigenvalue weighted by molar-refractivity contribution is 0.195. The lowest BCUT2D eigenvalue weighted by Crippen LogP contribution is -2.50. The summed E-state index contributed by atoms with van der Waals surface area (Å²) >= 11 is 3.73. The average molecular weight is 548 g/mol. The Bertz CT molecular complexity index is 680. The van der Waals surface area contributed by atoms with Crippen molar-refractivity contribution in [1.82, 2.24) is 0 Å². The topological polar surface area (TPSA) is 118 Å². The zero-order valence-corrected chi connectivity index (χ0v) is 15.9. The Labute approximate surface area is 143 Å².